The van der Waals surface area contributed by atoms with Gasteiger partial charge in [-0.25, -0.2) is 0 Å². The first kappa shape index (κ1) is 11.9. The molecule has 0 rings (SSSR count). The quantitative estimate of drug-likeness (QED) is 0.358. The average molecular weight is 184 g/mol. The number of esters is 1. The lowest BCUT2D eigenvalue weighted by atomic mass is 9.99. The van der Waals surface area contributed by atoms with Gasteiger partial charge in [-0.2, -0.15) is 0 Å². The molecule has 3 nitrogen and oxygen atoms in total. The van der Waals surface area contributed by atoms with Gasteiger partial charge in [-0.05, 0) is 26.7 Å². The van der Waals surface area contributed by atoms with Crippen molar-refractivity contribution in [1.29, 1.82) is 0 Å². The zero-order valence-corrected chi connectivity index (χ0v) is 8.21. The van der Waals surface area contributed by atoms with E-state index in [1.165, 1.54) is 6.92 Å². The van der Waals surface area contributed by atoms with Crippen LogP contribution in [0, 0.1) is 5.92 Å². The van der Waals surface area contributed by atoms with Crippen molar-refractivity contribution in [2.45, 2.75) is 26.7 Å². The number of carbonyl (C=O) groups excluding carboxylic acids is 2. The third kappa shape index (κ3) is 4.45. The van der Waals surface area contributed by atoms with Crippen molar-refractivity contribution in [3.63, 3.8) is 0 Å². The molecule has 0 amide bonds. The maximum Gasteiger partial charge on any atom is 0.316 e. The number of allylic oxidation sites excluding steroid dienone is 1. The number of hydrogen-bond acceptors (Lipinski definition) is 3. The molecule has 0 fully saturated rings. The summed E-state index contributed by atoms with van der Waals surface area (Å²) in [6.45, 7) is 6.98. The van der Waals surface area contributed by atoms with Gasteiger partial charge in [-0.3, -0.25) is 9.59 Å². The summed E-state index contributed by atoms with van der Waals surface area (Å²) in [5.74, 6) is -1.17. The topological polar surface area (TPSA) is 43.4 Å². The fraction of sp³-hybridized carbons (Fsp3) is 0.600. The molecule has 3 heteroatoms. The molecule has 0 unspecified atom stereocenters. The largest absolute Gasteiger partial charge is 0.465 e. The summed E-state index contributed by atoms with van der Waals surface area (Å²) in [6.07, 6.45) is 2.84. The second-order valence-corrected chi connectivity index (χ2v) is 2.78. The minimum atomic E-state index is -0.613. The molecule has 0 saturated heterocycles. The Morgan fingerprint density at radius 1 is 1.54 bits per heavy atom. The highest BCUT2D eigenvalue weighted by molar-refractivity contribution is 5.97. The predicted molar refractivity (Wildman–Crippen MR) is 50.2 cm³/mol. The van der Waals surface area contributed by atoms with E-state index in [1.54, 1.807) is 13.0 Å². The highest BCUT2D eigenvalue weighted by Gasteiger charge is 2.23. The van der Waals surface area contributed by atoms with Crippen molar-refractivity contribution in [1.82, 2.24) is 0 Å². The van der Waals surface area contributed by atoms with Crippen LogP contribution in [0.5, 0.6) is 0 Å². The Hall–Kier alpha value is -1.12. The van der Waals surface area contributed by atoms with Gasteiger partial charge in [0.1, 0.15) is 11.7 Å². The molecule has 0 heterocycles. The Morgan fingerprint density at radius 3 is 2.54 bits per heavy atom. The van der Waals surface area contributed by atoms with Gasteiger partial charge < -0.3 is 4.74 Å². The molecule has 74 valence electrons. The maximum absolute atomic E-state index is 11.2. The molecule has 0 aromatic rings. The highest BCUT2D eigenvalue weighted by Crippen LogP contribution is 2.10. The van der Waals surface area contributed by atoms with Crippen LogP contribution in [0.1, 0.15) is 26.7 Å². The molecular weight excluding hydrogens is 168 g/mol. The van der Waals surface area contributed by atoms with E-state index >= 15 is 0 Å². The summed E-state index contributed by atoms with van der Waals surface area (Å²) in [7, 11) is 0. The normalized spacial score (nSPS) is 11.8. The third-order valence-electron chi connectivity index (χ3n) is 1.72. The molecule has 1 atom stereocenters. The molecule has 0 aromatic heterocycles. The third-order valence-corrected chi connectivity index (χ3v) is 1.72. The first-order chi connectivity index (χ1) is 6.13. The second kappa shape index (κ2) is 6.40. The number of rotatable bonds is 6. The standard InChI is InChI=1S/C10H16O3/c1-4-6-7-9(8(3)11)10(12)13-5-2/h4,9H,1,5-7H2,2-3H3/t9-/m1/s1. The van der Waals surface area contributed by atoms with E-state index in [0.717, 1.165) is 0 Å². The van der Waals surface area contributed by atoms with Crippen LogP contribution >= 0.6 is 0 Å². The van der Waals surface area contributed by atoms with Gasteiger partial charge in [0.2, 0.25) is 0 Å². The first-order valence-corrected chi connectivity index (χ1v) is 4.41. The molecular formula is C10H16O3. The molecule has 0 radical (unpaired) electrons. The van der Waals surface area contributed by atoms with Crippen LogP contribution < -0.4 is 0 Å². The Balaban J connectivity index is 4.15. The molecule has 0 aliphatic heterocycles. The Labute approximate surface area is 78.8 Å². The summed E-state index contributed by atoms with van der Waals surface area (Å²) >= 11 is 0. The highest BCUT2D eigenvalue weighted by atomic mass is 16.5. The molecule has 0 saturated carbocycles. The van der Waals surface area contributed by atoms with Crippen LogP contribution in [-0.4, -0.2) is 18.4 Å². The van der Waals surface area contributed by atoms with E-state index in [0.29, 0.717) is 19.4 Å². The van der Waals surface area contributed by atoms with Crippen LogP contribution in [0.2, 0.25) is 0 Å². The van der Waals surface area contributed by atoms with Gasteiger partial charge in [0.15, 0.2) is 0 Å². The molecule has 0 spiro atoms. The van der Waals surface area contributed by atoms with Gasteiger partial charge in [0.05, 0.1) is 6.61 Å². The number of ketones is 1. The second-order valence-electron chi connectivity index (χ2n) is 2.78. The molecule has 0 aromatic carbocycles. The molecule has 0 aliphatic rings. The maximum atomic E-state index is 11.2. The van der Waals surface area contributed by atoms with Crippen molar-refractivity contribution in [3.05, 3.63) is 12.7 Å². The van der Waals surface area contributed by atoms with Gasteiger partial charge in [0.25, 0.3) is 0 Å². The summed E-state index contributed by atoms with van der Waals surface area (Å²) in [4.78, 5) is 22.2. The zero-order valence-electron chi connectivity index (χ0n) is 8.21. The number of Topliss-reactive ketones (excluding diaryl/α,β-unsaturated/α-hetero) is 1. The fourth-order valence-electron chi connectivity index (χ4n) is 1.01. The van der Waals surface area contributed by atoms with E-state index < -0.39 is 11.9 Å². The van der Waals surface area contributed by atoms with Crippen molar-refractivity contribution >= 4 is 11.8 Å². The minimum absolute atomic E-state index is 0.139. The van der Waals surface area contributed by atoms with Gasteiger partial charge in [-0.1, -0.05) is 6.08 Å². The fourth-order valence-corrected chi connectivity index (χ4v) is 1.01. The Kier molecular flexibility index (Phi) is 5.85. The average Bonchev–Trinajstić information content (AvgIpc) is 2.05. The van der Waals surface area contributed by atoms with Gasteiger partial charge >= 0.3 is 5.97 Å². The Bertz CT molecular complexity index is 196. The zero-order chi connectivity index (χ0) is 10.3. The van der Waals surface area contributed by atoms with E-state index in [4.69, 9.17) is 4.74 Å². The van der Waals surface area contributed by atoms with E-state index in [2.05, 4.69) is 6.58 Å². The summed E-state index contributed by atoms with van der Waals surface area (Å²) in [5, 5.41) is 0. The van der Waals surface area contributed by atoms with Crippen molar-refractivity contribution in [2.75, 3.05) is 6.61 Å². The van der Waals surface area contributed by atoms with E-state index in [9.17, 15) is 9.59 Å². The predicted octanol–water partition coefficient (Wildman–Crippen LogP) is 1.72. The molecule has 0 N–H and O–H groups in total. The number of hydrogen-bond donors (Lipinski definition) is 0. The lowest BCUT2D eigenvalue weighted by Crippen LogP contribution is -2.24. The molecule has 0 aliphatic carbocycles. The summed E-state index contributed by atoms with van der Waals surface area (Å²) in [6, 6.07) is 0. The van der Waals surface area contributed by atoms with Crippen LogP contribution in [0.3, 0.4) is 0 Å². The van der Waals surface area contributed by atoms with Crippen LogP contribution in [0.25, 0.3) is 0 Å². The monoisotopic (exact) mass is 184 g/mol. The number of ether oxygens (including phenoxy) is 1. The Morgan fingerprint density at radius 2 is 2.15 bits per heavy atom. The van der Waals surface area contributed by atoms with Crippen molar-refractivity contribution in [2.24, 2.45) is 5.92 Å². The minimum Gasteiger partial charge on any atom is -0.465 e. The summed E-state index contributed by atoms with van der Waals surface area (Å²) < 4.78 is 4.77. The van der Waals surface area contributed by atoms with Crippen LogP contribution in [0.4, 0.5) is 0 Å². The van der Waals surface area contributed by atoms with Crippen LogP contribution in [-0.2, 0) is 14.3 Å². The van der Waals surface area contributed by atoms with Gasteiger partial charge in [0, 0.05) is 0 Å². The smallest absolute Gasteiger partial charge is 0.316 e. The molecule has 13 heavy (non-hydrogen) atoms. The van der Waals surface area contributed by atoms with E-state index in [1.807, 2.05) is 0 Å². The van der Waals surface area contributed by atoms with Crippen molar-refractivity contribution < 1.29 is 14.3 Å². The lowest BCUT2D eigenvalue weighted by Gasteiger charge is -2.10. The van der Waals surface area contributed by atoms with Crippen LogP contribution in [0.15, 0.2) is 12.7 Å². The SMILES string of the molecule is C=CCC[C@H](C(C)=O)C(=O)OCC. The summed E-state index contributed by atoms with van der Waals surface area (Å²) in [5.41, 5.74) is 0. The number of carbonyl (C=O) groups is 2. The van der Waals surface area contributed by atoms with Gasteiger partial charge in [-0.15, -0.1) is 6.58 Å². The lowest BCUT2D eigenvalue weighted by molar-refractivity contribution is -0.151. The molecule has 0 bridgehead atoms. The van der Waals surface area contributed by atoms with E-state index in [-0.39, 0.29) is 5.78 Å². The van der Waals surface area contributed by atoms with Crippen molar-refractivity contribution in [3.8, 4) is 0 Å². The first-order valence-electron chi connectivity index (χ1n) is 4.41.